The number of aromatic amines is 1. The van der Waals surface area contributed by atoms with E-state index in [1.54, 1.807) is 11.4 Å². The number of fused-ring (bicyclic) bond motifs is 1. The number of carbonyl (C=O) groups is 4. The molecule has 0 saturated heterocycles. The predicted molar refractivity (Wildman–Crippen MR) is 168 cm³/mol. The number of nitrogens with one attached hydrogen (secondary N) is 2. The number of amides is 1. The number of H-pyrrole nitrogens is 1. The van der Waals surface area contributed by atoms with E-state index in [9.17, 15) is 23.4 Å². The van der Waals surface area contributed by atoms with Gasteiger partial charge in [-0.2, -0.15) is 4.21 Å². The molecule has 0 radical (unpaired) electrons. The number of hydrogen-bond acceptors (Lipinski definition) is 10. The van der Waals surface area contributed by atoms with Crippen molar-refractivity contribution in [2.75, 3.05) is 20.8 Å². The van der Waals surface area contributed by atoms with Gasteiger partial charge in [-0.15, -0.1) is 10.2 Å². The average Bonchev–Trinajstić information content (AvgIpc) is 3.61. The Hall–Kier alpha value is -4.89. The summed E-state index contributed by atoms with van der Waals surface area (Å²) in [7, 11) is -3.14. The summed E-state index contributed by atoms with van der Waals surface area (Å²) in [6, 6.07) is 9.51. The van der Waals surface area contributed by atoms with E-state index in [1.807, 2.05) is 19.9 Å². The molecule has 14 nitrogen and oxygen atoms in total. The third kappa shape index (κ3) is 6.15. The van der Waals surface area contributed by atoms with E-state index in [-0.39, 0.29) is 44.9 Å². The summed E-state index contributed by atoms with van der Waals surface area (Å²) in [6.45, 7) is 11.6. The third-order valence-corrected chi connectivity index (χ3v) is 10.5. The SMILES string of the molecule is COC(=O)c1cc(C(=O)OC)cc(S(N)(=O)(OC=O)c2cc(C(=O)NCC(C)(C)c3nnc4cc(C(C)(C)C)[nH]n34)ccc2C)c1. The molecule has 0 unspecified atom stereocenters. The fraction of sp³-hybridized carbons (Fsp3) is 0.355. The first-order valence-corrected chi connectivity index (χ1v) is 16.1. The number of nitrogens with two attached hydrogens (primary N) is 1. The molecule has 4 rings (SSSR count). The quantitative estimate of drug-likeness (QED) is 0.169. The van der Waals surface area contributed by atoms with E-state index in [0.717, 1.165) is 38.1 Å². The van der Waals surface area contributed by atoms with Gasteiger partial charge in [-0.05, 0) is 42.8 Å². The van der Waals surface area contributed by atoms with Crippen molar-refractivity contribution < 1.29 is 37.0 Å². The van der Waals surface area contributed by atoms with Gasteiger partial charge in [-0.25, -0.2) is 19.2 Å². The molecule has 15 heteroatoms. The minimum Gasteiger partial charge on any atom is -0.465 e. The first kappa shape index (κ1) is 34.0. The molecule has 0 aliphatic carbocycles. The maximum Gasteiger partial charge on any atom is 0.337 e. The zero-order chi connectivity index (χ0) is 34.3. The molecule has 0 atom stereocenters. The highest BCUT2D eigenvalue weighted by molar-refractivity contribution is 8.14. The van der Waals surface area contributed by atoms with Crippen LogP contribution in [0.15, 0.2) is 52.3 Å². The molecule has 0 aliphatic rings. The highest BCUT2D eigenvalue weighted by atomic mass is 32.3. The molecule has 46 heavy (non-hydrogen) atoms. The molecule has 4 aromatic rings. The predicted octanol–water partition coefficient (Wildman–Crippen LogP) is 3.14. The Kier molecular flexibility index (Phi) is 8.72. The lowest BCUT2D eigenvalue weighted by molar-refractivity contribution is -0.120. The van der Waals surface area contributed by atoms with E-state index >= 15 is 0 Å². The zero-order valence-corrected chi connectivity index (χ0v) is 27.7. The molecule has 0 aliphatic heterocycles. The molecule has 2 aromatic carbocycles. The summed E-state index contributed by atoms with van der Waals surface area (Å²) in [5.74, 6) is -1.70. The number of carbonyl (C=O) groups excluding carboxylic acids is 4. The van der Waals surface area contributed by atoms with Crippen molar-refractivity contribution in [3.8, 4) is 0 Å². The lowest BCUT2D eigenvalue weighted by Gasteiger charge is -2.43. The average molecular weight is 655 g/mol. The molecule has 0 spiro atoms. The van der Waals surface area contributed by atoms with Gasteiger partial charge in [0.25, 0.3) is 5.91 Å². The number of methoxy groups -OCH3 is 2. The van der Waals surface area contributed by atoms with Gasteiger partial charge in [-0.1, -0.05) is 50.2 Å². The van der Waals surface area contributed by atoms with Gasteiger partial charge in [0, 0.05) is 34.7 Å². The van der Waals surface area contributed by atoms with Crippen LogP contribution in [0.5, 0.6) is 0 Å². The first-order valence-electron chi connectivity index (χ1n) is 14.1. The van der Waals surface area contributed by atoms with Crippen LogP contribution in [0.4, 0.5) is 0 Å². The summed E-state index contributed by atoms with van der Waals surface area (Å²) >= 11 is 0. The second kappa shape index (κ2) is 11.8. The smallest absolute Gasteiger partial charge is 0.337 e. The summed E-state index contributed by atoms with van der Waals surface area (Å²) in [6.07, 6.45) is 0. The van der Waals surface area contributed by atoms with Crippen molar-refractivity contribution in [2.45, 2.75) is 62.2 Å². The molecule has 1 amide bonds. The standard InChI is InChI=1S/C31H38N6O8S/c1-18-9-10-19(26(39)33-16-31(5,6)29-35-34-25-15-24(30(2,3)4)36-37(25)29)14-23(18)46(32,42,45-17-38)22-12-20(27(40)43-7)11-21(13-22)28(41)44-8/h9-15,17,36H,16H2,1-8H3,(H2,32,42)(H,33,39). The number of benzene rings is 2. The zero-order valence-electron chi connectivity index (χ0n) is 26.9. The topological polar surface area (TPSA) is 197 Å². The number of aryl methyl sites for hydroxylation is 1. The Morgan fingerprint density at radius 1 is 0.957 bits per heavy atom. The Balaban J connectivity index is 1.73. The minimum atomic E-state index is -5.37. The highest BCUT2D eigenvalue weighted by Gasteiger charge is 2.37. The van der Waals surface area contributed by atoms with Gasteiger partial charge >= 0.3 is 18.4 Å². The number of esters is 2. The van der Waals surface area contributed by atoms with Crippen LogP contribution >= 0.6 is 0 Å². The Morgan fingerprint density at radius 2 is 1.57 bits per heavy atom. The normalized spacial score (nSPS) is 13.0. The summed E-state index contributed by atoms with van der Waals surface area (Å²) in [4.78, 5) is 49.5. The number of rotatable bonds is 10. The molecule has 246 valence electrons. The van der Waals surface area contributed by atoms with Crippen LogP contribution < -0.4 is 10.5 Å². The first-order chi connectivity index (χ1) is 21.3. The maximum absolute atomic E-state index is 14.8. The van der Waals surface area contributed by atoms with E-state index in [4.69, 9.17) is 18.8 Å². The Morgan fingerprint density at radius 3 is 2.11 bits per heavy atom. The monoisotopic (exact) mass is 654 g/mol. The van der Waals surface area contributed by atoms with E-state index in [1.165, 1.54) is 18.2 Å². The van der Waals surface area contributed by atoms with Crippen LogP contribution in [0.3, 0.4) is 0 Å². The molecular formula is C31H38N6O8S. The Labute approximate surface area is 265 Å². The maximum atomic E-state index is 14.8. The van der Waals surface area contributed by atoms with Crippen LogP contribution in [-0.2, 0) is 38.8 Å². The largest absolute Gasteiger partial charge is 0.465 e. The Bertz CT molecular complexity index is 1900. The second-order valence-electron chi connectivity index (χ2n) is 12.5. The highest BCUT2D eigenvalue weighted by Crippen LogP contribution is 2.42. The second-order valence-corrected chi connectivity index (χ2v) is 15.5. The summed E-state index contributed by atoms with van der Waals surface area (Å²) in [5.41, 5.74) is 0.731. The van der Waals surface area contributed by atoms with Gasteiger partial charge in [0.15, 0.2) is 11.5 Å². The molecular weight excluding hydrogens is 616 g/mol. The molecule has 0 fully saturated rings. The number of aromatic nitrogens is 4. The van der Waals surface area contributed by atoms with Crippen molar-refractivity contribution in [1.82, 2.24) is 25.1 Å². The number of ether oxygens (including phenoxy) is 2. The molecule has 2 aromatic heterocycles. The van der Waals surface area contributed by atoms with E-state index in [0.29, 0.717) is 17.0 Å². The fourth-order valence-electron chi connectivity index (χ4n) is 4.85. The van der Waals surface area contributed by atoms with Gasteiger partial charge in [0.1, 0.15) is 0 Å². The van der Waals surface area contributed by atoms with Gasteiger partial charge in [0.05, 0.1) is 35.1 Å². The van der Waals surface area contributed by atoms with Crippen LogP contribution in [0.25, 0.3) is 5.65 Å². The number of nitrogens with zero attached hydrogens (tertiary/aromatic N) is 3. The molecule has 2 heterocycles. The van der Waals surface area contributed by atoms with Gasteiger partial charge in [-0.3, -0.25) is 14.7 Å². The molecule has 4 N–H and O–H groups in total. The lowest BCUT2D eigenvalue weighted by Crippen LogP contribution is -2.46. The molecule has 0 bridgehead atoms. The van der Waals surface area contributed by atoms with Crippen LogP contribution in [0.1, 0.15) is 82.8 Å². The van der Waals surface area contributed by atoms with Gasteiger partial charge in [0.2, 0.25) is 0 Å². The summed E-state index contributed by atoms with van der Waals surface area (Å²) < 4.78 is 31.3. The van der Waals surface area contributed by atoms with Crippen LogP contribution in [0, 0.1) is 6.92 Å². The minimum absolute atomic E-state index is 0.0498. The van der Waals surface area contributed by atoms with Gasteiger partial charge < -0.3 is 19.0 Å². The van der Waals surface area contributed by atoms with Crippen molar-refractivity contribution in [3.63, 3.8) is 0 Å². The van der Waals surface area contributed by atoms with E-state index in [2.05, 4.69) is 41.4 Å². The lowest BCUT2D eigenvalue weighted by atomic mass is 9.92. The summed E-state index contributed by atoms with van der Waals surface area (Å²) in [5, 5.41) is 21.3. The van der Waals surface area contributed by atoms with Crippen molar-refractivity contribution in [2.24, 2.45) is 5.14 Å². The third-order valence-electron chi connectivity index (χ3n) is 7.59. The van der Waals surface area contributed by atoms with Crippen LogP contribution in [-0.4, -0.2) is 69.1 Å². The molecule has 0 saturated carbocycles. The van der Waals surface area contributed by atoms with Crippen molar-refractivity contribution in [3.05, 3.63) is 76.2 Å². The number of hydrogen-bond donors (Lipinski definition) is 3. The van der Waals surface area contributed by atoms with Crippen LogP contribution in [0.2, 0.25) is 0 Å². The van der Waals surface area contributed by atoms with Crippen molar-refractivity contribution in [1.29, 1.82) is 0 Å². The van der Waals surface area contributed by atoms with Crippen molar-refractivity contribution >= 4 is 39.5 Å². The fourth-order valence-corrected chi connectivity index (χ4v) is 7.20. The van der Waals surface area contributed by atoms with E-state index < -0.39 is 32.8 Å².